The van der Waals surface area contributed by atoms with Crippen LogP contribution in [0.25, 0.3) is 44.5 Å². The van der Waals surface area contributed by atoms with Crippen LogP contribution in [0, 0.1) is 0 Å². The summed E-state index contributed by atoms with van der Waals surface area (Å²) in [5.41, 5.74) is 5.71. The third-order valence-electron chi connectivity index (χ3n) is 6.05. The van der Waals surface area contributed by atoms with Crippen molar-refractivity contribution in [1.29, 1.82) is 0 Å². The summed E-state index contributed by atoms with van der Waals surface area (Å²) in [4.78, 5) is 17.5. The average Bonchev–Trinajstić information content (AvgIpc) is 3.51. The first kappa shape index (κ1) is 18.1. The lowest BCUT2D eigenvalue weighted by atomic mass is 10.1. The summed E-state index contributed by atoms with van der Waals surface area (Å²) in [5.74, 6) is 1.03. The summed E-state index contributed by atoms with van der Waals surface area (Å²) >= 11 is 0. The summed E-state index contributed by atoms with van der Waals surface area (Å²) in [6.07, 6.45) is 7.55. The number of anilines is 1. The fourth-order valence-corrected chi connectivity index (χ4v) is 4.28. The first-order valence-electron chi connectivity index (χ1n) is 10.4. The van der Waals surface area contributed by atoms with Gasteiger partial charge in [-0.15, -0.1) is 0 Å². The zero-order valence-corrected chi connectivity index (χ0v) is 17.5. The fourth-order valence-electron chi connectivity index (χ4n) is 4.28. The van der Waals surface area contributed by atoms with Gasteiger partial charge in [0.2, 0.25) is 0 Å². The van der Waals surface area contributed by atoms with Crippen LogP contribution in [-0.4, -0.2) is 73.1 Å². The number of hydrogen-bond acceptors (Lipinski definition) is 6. The Morgan fingerprint density at radius 1 is 0.935 bits per heavy atom. The molecule has 0 unspecified atom stereocenters. The average molecular weight is 413 g/mol. The van der Waals surface area contributed by atoms with Crippen LogP contribution in [0.1, 0.15) is 0 Å². The second-order valence-corrected chi connectivity index (χ2v) is 8.17. The lowest BCUT2D eigenvalue weighted by molar-refractivity contribution is 0.312. The molecule has 156 valence electrons. The van der Waals surface area contributed by atoms with Crippen LogP contribution in [0.5, 0.6) is 0 Å². The van der Waals surface area contributed by atoms with Crippen LogP contribution >= 0.6 is 0 Å². The van der Waals surface area contributed by atoms with Crippen molar-refractivity contribution in [2.24, 2.45) is 7.05 Å². The van der Waals surface area contributed by atoms with Gasteiger partial charge < -0.3 is 14.8 Å². The number of nitrogens with zero attached hydrogens (tertiary/aromatic N) is 7. The highest BCUT2D eigenvalue weighted by Crippen LogP contribution is 2.33. The first-order chi connectivity index (χ1) is 15.2. The zero-order chi connectivity index (χ0) is 20.9. The zero-order valence-electron chi connectivity index (χ0n) is 17.5. The van der Waals surface area contributed by atoms with E-state index in [1.54, 1.807) is 4.68 Å². The minimum absolute atomic E-state index is 0.693. The molecule has 0 saturated carbocycles. The molecule has 9 nitrogen and oxygen atoms in total. The summed E-state index contributed by atoms with van der Waals surface area (Å²) in [7, 11) is 4.08. The van der Waals surface area contributed by atoms with E-state index in [-0.39, 0.29) is 0 Å². The molecule has 2 N–H and O–H groups in total. The topological polar surface area (TPSA) is 94.5 Å². The van der Waals surface area contributed by atoms with Crippen molar-refractivity contribution in [3.8, 4) is 22.5 Å². The van der Waals surface area contributed by atoms with Crippen LogP contribution < -0.4 is 4.90 Å². The van der Waals surface area contributed by atoms with Crippen molar-refractivity contribution in [2.75, 3.05) is 38.1 Å². The molecule has 31 heavy (non-hydrogen) atoms. The minimum atomic E-state index is 0.693. The molecule has 0 bridgehead atoms. The van der Waals surface area contributed by atoms with Gasteiger partial charge in [-0.25, -0.2) is 9.97 Å². The molecule has 5 aromatic heterocycles. The minimum Gasteiger partial charge on any atom is -0.353 e. The Kier molecular flexibility index (Phi) is 4.03. The van der Waals surface area contributed by atoms with Gasteiger partial charge in [0.15, 0.2) is 5.65 Å². The summed E-state index contributed by atoms with van der Waals surface area (Å²) in [5, 5.41) is 14.0. The second kappa shape index (κ2) is 6.92. The van der Waals surface area contributed by atoms with Crippen LogP contribution in [-0.2, 0) is 7.05 Å². The molecule has 0 aliphatic carbocycles. The first-order valence-corrected chi connectivity index (χ1v) is 10.4. The number of piperazine rings is 1. The lowest BCUT2D eigenvalue weighted by Gasteiger charge is -2.33. The number of hydrogen-bond donors (Lipinski definition) is 2. The molecule has 5 aromatic rings. The number of fused-ring (bicyclic) bond motifs is 2. The van der Waals surface area contributed by atoms with E-state index in [1.165, 1.54) is 0 Å². The number of rotatable bonds is 3. The van der Waals surface area contributed by atoms with E-state index in [2.05, 4.69) is 54.2 Å². The van der Waals surface area contributed by atoms with Crippen LogP contribution in [0.4, 0.5) is 5.82 Å². The number of pyridine rings is 2. The molecule has 0 radical (unpaired) electrons. The van der Waals surface area contributed by atoms with Gasteiger partial charge in [0.1, 0.15) is 5.82 Å². The van der Waals surface area contributed by atoms with E-state index in [1.807, 2.05) is 37.9 Å². The molecule has 1 aliphatic heterocycles. The van der Waals surface area contributed by atoms with E-state index in [0.29, 0.717) is 5.65 Å². The molecular weight excluding hydrogens is 390 g/mol. The van der Waals surface area contributed by atoms with E-state index >= 15 is 0 Å². The maximum atomic E-state index is 4.71. The molecule has 0 spiro atoms. The number of aromatic nitrogens is 7. The molecule has 0 atom stereocenters. The third kappa shape index (κ3) is 3.05. The molecule has 6 rings (SSSR count). The predicted molar refractivity (Wildman–Crippen MR) is 121 cm³/mol. The maximum Gasteiger partial charge on any atom is 0.181 e. The Hall–Kier alpha value is -3.72. The van der Waals surface area contributed by atoms with Gasteiger partial charge in [0.05, 0.1) is 23.1 Å². The number of nitrogens with one attached hydrogen (secondary N) is 2. The SMILES string of the molecule is CN1CCN(c2nccc3[nH]c(-c4[nH]nc5ncc(-c6cnn(C)c6)cc45)cc23)CC1. The van der Waals surface area contributed by atoms with E-state index in [0.717, 1.165) is 70.8 Å². The molecule has 6 heterocycles. The molecule has 1 aliphatic rings. The van der Waals surface area contributed by atoms with Gasteiger partial charge in [-0.05, 0) is 25.2 Å². The highest BCUT2D eigenvalue weighted by Gasteiger charge is 2.20. The van der Waals surface area contributed by atoms with Crippen LogP contribution in [0.2, 0.25) is 0 Å². The van der Waals surface area contributed by atoms with Crippen molar-refractivity contribution in [2.45, 2.75) is 0 Å². The fraction of sp³-hybridized carbons (Fsp3) is 0.273. The number of likely N-dealkylation sites (N-methyl/N-ethyl adjacent to an activating group) is 1. The Bertz CT molecular complexity index is 1380. The van der Waals surface area contributed by atoms with E-state index < -0.39 is 0 Å². The number of aromatic amines is 2. The van der Waals surface area contributed by atoms with Crippen LogP contribution in [0.3, 0.4) is 0 Å². The smallest absolute Gasteiger partial charge is 0.181 e. The highest BCUT2D eigenvalue weighted by atomic mass is 15.3. The second-order valence-electron chi connectivity index (χ2n) is 8.17. The molecule has 9 heteroatoms. The quantitative estimate of drug-likeness (QED) is 0.472. The van der Waals surface area contributed by atoms with E-state index in [9.17, 15) is 0 Å². The van der Waals surface area contributed by atoms with Crippen molar-refractivity contribution in [1.82, 2.24) is 39.8 Å². The summed E-state index contributed by atoms with van der Waals surface area (Å²) in [6.45, 7) is 4.05. The van der Waals surface area contributed by atoms with Gasteiger partial charge in [-0.2, -0.15) is 10.2 Å². The largest absolute Gasteiger partial charge is 0.353 e. The van der Waals surface area contributed by atoms with Crippen molar-refractivity contribution in [3.63, 3.8) is 0 Å². The van der Waals surface area contributed by atoms with Gasteiger partial charge in [0, 0.05) is 73.7 Å². The molecular formula is C22H23N9. The highest BCUT2D eigenvalue weighted by molar-refractivity contribution is 5.99. The summed E-state index contributed by atoms with van der Waals surface area (Å²) in [6, 6.07) is 6.30. The predicted octanol–water partition coefficient (Wildman–Crippen LogP) is 2.65. The van der Waals surface area contributed by atoms with Crippen molar-refractivity contribution < 1.29 is 0 Å². The number of aryl methyl sites for hydroxylation is 1. The Morgan fingerprint density at radius 2 is 1.81 bits per heavy atom. The standard InChI is InChI=1S/C22H23N9/c1-29-5-7-31(8-6-29)22-16-10-19(26-18(16)3-4-23-22)20-17-9-14(11-24-21(17)28-27-20)15-12-25-30(2)13-15/h3-4,9-13,26H,5-8H2,1-2H3,(H,24,27,28). The Labute approximate surface area is 178 Å². The normalized spacial score (nSPS) is 15.4. The van der Waals surface area contributed by atoms with E-state index in [4.69, 9.17) is 4.98 Å². The lowest BCUT2D eigenvalue weighted by Crippen LogP contribution is -2.44. The maximum absolute atomic E-state index is 4.71. The van der Waals surface area contributed by atoms with Crippen molar-refractivity contribution in [3.05, 3.63) is 43.0 Å². The Morgan fingerprint density at radius 3 is 2.61 bits per heavy atom. The molecule has 0 aromatic carbocycles. The molecule has 1 saturated heterocycles. The monoisotopic (exact) mass is 413 g/mol. The van der Waals surface area contributed by atoms with Crippen molar-refractivity contribution >= 4 is 27.8 Å². The third-order valence-corrected chi connectivity index (χ3v) is 6.05. The number of H-pyrrole nitrogens is 2. The Balaban J connectivity index is 1.44. The van der Waals surface area contributed by atoms with Gasteiger partial charge in [-0.1, -0.05) is 0 Å². The van der Waals surface area contributed by atoms with Gasteiger partial charge in [-0.3, -0.25) is 9.78 Å². The van der Waals surface area contributed by atoms with Gasteiger partial charge in [0.25, 0.3) is 0 Å². The molecule has 0 amide bonds. The summed E-state index contributed by atoms with van der Waals surface area (Å²) < 4.78 is 1.79. The van der Waals surface area contributed by atoms with Gasteiger partial charge >= 0.3 is 0 Å². The molecule has 1 fully saturated rings. The van der Waals surface area contributed by atoms with Crippen LogP contribution in [0.15, 0.2) is 43.0 Å².